The van der Waals surface area contributed by atoms with Gasteiger partial charge in [0.05, 0.1) is 23.1 Å². The molecule has 0 amide bonds. The fourth-order valence-electron chi connectivity index (χ4n) is 3.71. The van der Waals surface area contributed by atoms with Gasteiger partial charge in [-0.1, -0.05) is 18.2 Å². The number of halogens is 1. The zero-order chi connectivity index (χ0) is 20.1. The molecule has 6 rings (SSSR count). The Morgan fingerprint density at radius 2 is 1.90 bits per heavy atom. The molecular formula is C22H14FN7. The number of hydrogen-bond donors (Lipinski definition) is 3. The highest BCUT2D eigenvalue weighted by molar-refractivity contribution is 5.99. The van der Waals surface area contributed by atoms with Crippen molar-refractivity contribution in [2.75, 3.05) is 0 Å². The fourth-order valence-corrected chi connectivity index (χ4v) is 3.71. The molecule has 1 aromatic carbocycles. The maximum Gasteiger partial charge on any atom is 0.138 e. The van der Waals surface area contributed by atoms with Gasteiger partial charge in [-0.05, 0) is 35.9 Å². The van der Waals surface area contributed by atoms with E-state index in [0.29, 0.717) is 16.9 Å². The van der Waals surface area contributed by atoms with E-state index >= 15 is 0 Å². The van der Waals surface area contributed by atoms with Gasteiger partial charge >= 0.3 is 0 Å². The number of aromatic nitrogens is 7. The first kappa shape index (κ1) is 16.6. The summed E-state index contributed by atoms with van der Waals surface area (Å²) in [5, 5.41) is 15.1. The van der Waals surface area contributed by atoms with Crippen molar-refractivity contribution >= 4 is 22.1 Å². The Morgan fingerprint density at radius 3 is 2.77 bits per heavy atom. The third kappa shape index (κ3) is 2.51. The zero-order valence-corrected chi connectivity index (χ0v) is 15.5. The Morgan fingerprint density at radius 1 is 0.967 bits per heavy atom. The smallest absolute Gasteiger partial charge is 0.138 e. The minimum Gasteiger partial charge on any atom is -0.338 e. The van der Waals surface area contributed by atoms with Crippen LogP contribution in [0.5, 0.6) is 0 Å². The van der Waals surface area contributed by atoms with Crippen LogP contribution in [0.15, 0.2) is 67.1 Å². The Kier molecular flexibility index (Phi) is 3.51. The summed E-state index contributed by atoms with van der Waals surface area (Å²) in [6.07, 6.45) is 5.19. The lowest BCUT2D eigenvalue weighted by atomic mass is 10.0. The SMILES string of the molecule is Fc1ccccc1-c1ccnc2[nH]c(-c3n[nH]c4ccc(-c5cn[nH]c5)nc34)cc12. The largest absolute Gasteiger partial charge is 0.338 e. The van der Waals surface area contributed by atoms with Gasteiger partial charge < -0.3 is 4.98 Å². The lowest BCUT2D eigenvalue weighted by Gasteiger charge is -2.04. The summed E-state index contributed by atoms with van der Waals surface area (Å²) in [5.74, 6) is -0.274. The molecule has 0 aliphatic heterocycles. The Labute approximate surface area is 169 Å². The average molecular weight is 395 g/mol. The molecule has 0 atom stereocenters. The summed E-state index contributed by atoms with van der Waals surface area (Å²) >= 11 is 0. The fraction of sp³-hybridized carbons (Fsp3) is 0. The zero-order valence-electron chi connectivity index (χ0n) is 15.5. The second-order valence-corrected chi connectivity index (χ2v) is 6.94. The molecule has 0 aliphatic carbocycles. The molecule has 0 fully saturated rings. The van der Waals surface area contributed by atoms with Gasteiger partial charge in [0.25, 0.3) is 0 Å². The first-order chi connectivity index (χ1) is 14.8. The summed E-state index contributed by atoms with van der Waals surface area (Å²) in [6, 6.07) is 14.3. The van der Waals surface area contributed by atoms with E-state index < -0.39 is 0 Å². The number of hydrogen-bond acceptors (Lipinski definition) is 4. The van der Waals surface area contributed by atoms with Crippen LogP contribution in [0.4, 0.5) is 4.39 Å². The van der Waals surface area contributed by atoms with Crippen LogP contribution in [0.3, 0.4) is 0 Å². The maximum atomic E-state index is 14.4. The van der Waals surface area contributed by atoms with E-state index in [0.717, 1.165) is 38.9 Å². The molecule has 0 bridgehead atoms. The van der Waals surface area contributed by atoms with Gasteiger partial charge in [-0.3, -0.25) is 10.2 Å². The highest BCUT2D eigenvalue weighted by atomic mass is 19.1. The van der Waals surface area contributed by atoms with Gasteiger partial charge in [0.15, 0.2) is 0 Å². The standard InChI is InChI=1S/C22H14FN7/c23-16-4-2-1-3-14(16)13-7-8-24-22-15(13)9-19(28-22)21-20-18(29-30-21)6-5-17(27-20)12-10-25-26-11-12/h1-11H,(H,24,28)(H,25,26)(H,29,30). The van der Waals surface area contributed by atoms with Gasteiger partial charge in [-0.2, -0.15) is 10.2 Å². The minimum absolute atomic E-state index is 0.274. The van der Waals surface area contributed by atoms with Crippen molar-refractivity contribution in [2.24, 2.45) is 0 Å². The van der Waals surface area contributed by atoms with E-state index in [1.165, 1.54) is 6.07 Å². The van der Waals surface area contributed by atoms with E-state index in [2.05, 4.69) is 30.4 Å². The van der Waals surface area contributed by atoms with Crippen LogP contribution >= 0.6 is 0 Å². The van der Waals surface area contributed by atoms with Crippen molar-refractivity contribution in [1.82, 2.24) is 35.3 Å². The lowest BCUT2D eigenvalue weighted by Crippen LogP contribution is -1.85. The quantitative estimate of drug-likeness (QED) is 0.404. The highest BCUT2D eigenvalue weighted by Gasteiger charge is 2.17. The van der Waals surface area contributed by atoms with Gasteiger partial charge in [0.1, 0.15) is 22.7 Å². The molecular weight excluding hydrogens is 381 g/mol. The predicted octanol–water partition coefficient (Wildman–Crippen LogP) is 4.70. The summed E-state index contributed by atoms with van der Waals surface area (Å²) in [6.45, 7) is 0. The number of nitrogens with zero attached hydrogens (tertiary/aromatic N) is 4. The number of benzene rings is 1. The van der Waals surface area contributed by atoms with Crippen LogP contribution in [0.1, 0.15) is 0 Å². The van der Waals surface area contributed by atoms with Crippen LogP contribution in [0.25, 0.3) is 55.8 Å². The van der Waals surface area contributed by atoms with Crippen LogP contribution < -0.4 is 0 Å². The number of rotatable bonds is 3. The Bertz CT molecular complexity index is 1510. The number of H-pyrrole nitrogens is 3. The van der Waals surface area contributed by atoms with Crippen molar-refractivity contribution in [3.05, 3.63) is 72.9 Å². The summed E-state index contributed by atoms with van der Waals surface area (Å²) < 4.78 is 14.4. The van der Waals surface area contributed by atoms with Crippen molar-refractivity contribution in [2.45, 2.75) is 0 Å². The molecule has 0 radical (unpaired) electrons. The number of fused-ring (bicyclic) bond motifs is 2. The van der Waals surface area contributed by atoms with Crippen molar-refractivity contribution < 1.29 is 4.39 Å². The third-order valence-electron chi connectivity index (χ3n) is 5.15. The van der Waals surface area contributed by atoms with Crippen LogP contribution in [0.2, 0.25) is 0 Å². The third-order valence-corrected chi connectivity index (χ3v) is 5.15. The van der Waals surface area contributed by atoms with E-state index in [1.54, 1.807) is 30.7 Å². The summed E-state index contributed by atoms with van der Waals surface area (Å²) in [7, 11) is 0. The van der Waals surface area contributed by atoms with Crippen LogP contribution in [0, 0.1) is 5.82 Å². The summed E-state index contributed by atoms with van der Waals surface area (Å²) in [4.78, 5) is 12.5. The molecule has 0 unspecified atom stereocenters. The molecule has 0 aliphatic rings. The summed E-state index contributed by atoms with van der Waals surface area (Å²) in [5.41, 5.74) is 6.62. The molecule has 5 aromatic heterocycles. The van der Waals surface area contributed by atoms with Crippen molar-refractivity contribution in [1.29, 1.82) is 0 Å². The Hall–Kier alpha value is -4.33. The number of pyridine rings is 2. The predicted molar refractivity (Wildman–Crippen MR) is 112 cm³/mol. The van der Waals surface area contributed by atoms with E-state index in [1.807, 2.05) is 30.3 Å². The van der Waals surface area contributed by atoms with Gasteiger partial charge in [-0.15, -0.1) is 0 Å². The molecule has 0 saturated heterocycles. The molecule has 30 heavy (non-hydrogen) atoms. The lowest BCUT2D eigenvalue weighted by molar-refractivity contribution is 0.631. The first-order valence-corrected chi connectivity index (χ1v) is 9.35. The van der Waals surface area contributed by atoms with Gasteiger partial charge in [0, 0.05) is 28.9 Å². The van der Waals surface area contributed by atoms with E-state index in [9.17, 15) is 4.39 Å². The molecule has 7 nitrogen and oxygen atoms in total. The average Bonchev–Trinajstić information content (AvgIpc) is 3.51. The second kappa shape index (κ2) is 6.35. The van der Waals surface area contributed by atoms with Crippen molar-refractivity contribution in [3.63, 3.8) is 0 Å². The minimum atomic E-state index is -0.274. The molecule has 0 saturated carbocycles. The number of nitrogens with one attached hydrogen (secondary N) is 3. The monoisotopic (exact) mass is 395 g/mol. The molecule has 5 heterocycles. The van der Waals surface area contributed by atoms with Gasteiger partial charge in [0.2, 0.25) is 0 Å². The van der Waals surface area contributed by atoms with Crippen molar-refractivity contribution in [3.8, 4) is 33.8 Å². The number of aromatic amines is 3. The first-order valence-electron chi connectivity index (χ1n) is 9.35. The van der Waals surface area contributed by atoms with Crippen LogP contribution in [-0.4, -0.2) is 35.3 Å². The molecule has 6 aromatic rings. The molecule has 8 heteroatoms. The Balaban J connectivity index is 1.54. The second-order valence-electron chi connectivity index (χ2n) is 6.94. The van der Waals surface area contributed by atoms with E-state index in [4.69, 9.17) is 4.98 Å². The van der Waals surface area contributed by atoms with Gasteiger partial charge in [-0.25, -0.2) is 14.4 Å². The molecule has 3 N–H and O–H groups in total. The molecule has 0 spiro atoms. The van der Waals surface area contributed by atoms with Crippen LogP contribution in [-0.2, 0) is 0 Å². The highest BCUT2D eigenvalue weighted by Crippen LogP contribution is 2.34. The van der Waals surface area contributed by atoms with E-state index in [-0.39, 0.29) is 5.82 Å². The normalized spacial score (nSPS) is 11.5. The maximum absolute atomic E-state index is 14.4. The molecule has 144 valence electrons. The topological polar surface area (TPSA) is 98.9 Å².